The van der Waals surface area contributed by atoms with Crippen LogP contribution >= 0.6 is 0 Å². The number of pyridine rings is 1. The molecule has 4 atom stereocenters. The number of halogens is 2. The molecule has 2 bridgehead atoms. The highest BCUT2D eigenvalue weighted by Crippen LogP contribution is 2.41. The van der Waals surface area contributed by atoms with Crippen molar-refractivity contribution in [3.05, 3.63) is 106 Å². The van der Waals surface area contributed by atoms with Gasteiger partial charge in [0.1, 0.15) is 18.3 Å². The number of hydrogen-bond acceptors (Lipinski definition) is 6. The molecule has 182 valence electrons. The van der Waals surface area contributed by atoms with Crippen molar-refractivity contribution in [1.29, 1.82) is 0 Å². The van der Waals surface area contributed by atoms with Crippen LogP contribution in [0.1, 0.15) is 42.4 Å². The first-order valence-corrected chi connectivity index (χ1v) is 11.4. The van der Waals surface area contributed by atoms with Gasteiger partial charge in [0.2, 0.25) is 11.2 Å². The minimum atomic E-state index is -1.28. The van der Waals surface area contributed by atoms with Crippen molar-refractivity contribution in [1.82, 2.24) is 9.58 Å². The first-order chi connectivity index (χ1) is 16.9. The van der Waals surface area contributed by atoms with E-state index in [-0.39, 0.29) is 30.8 Å². The molecule has 9 heteroatoms. The molecule has 2 unspecified atom stereocenters. The Balaban J connectivity index is 1.83. The minimum absolute atomic E-state index is 0.000769. The van der Waals surface area contributed by atoms with E-state index in [4.69, 9.17) is 4.74 Å². The van der Waals surface area contributed by atoms with Gasteiger partial charge in [0.05, 0.1) is 6.67 Å². The summed E-state index contributed by atoms with van der Waals surface area (Å²) in [7, 11) is 0. The average molecular weight is 481 g/mol. The zero-order valence-electron chi connectivity index (χ0n) is 19.0. The first kappa shape index (κ1) is 23.1. The largest absolute Gasteiger partial charge is 0.503 e. The van der Waals surface area contributed by atoms with Gasteiger partial charge in [-0.1, -0.05) is 43.3 Å². The van der Waals surface area contributed by atoms with Crippen LogP contribution in [0.5, 0.6) is 11.5 Å². The van der Waals surface area contributed by atoms with Crippen LogP contribution in [0.2, 0.25) is 0 Å². The second-order valence-electron chi connectivity index (χ2n) is 8.53. The summed E-state index contributed by atoms with van der Waals surface area (Å²) < 4.78 is 36.6. The van der Waals surface area contributed by atoms with Crippen molar-refractivity contribution in [3.8, 4) is 11.5 Å². The van der Waals surface area contributed by atoms with Crippen LogP contribution in [0.25, 0.3) is 0 Å². The van der Waals surface area contributed by atoms with E-state index in [0.29, 0.717) is 12.0 Å². The Hall–Kier alpha value is -3.69. The van der Waals surface area contributed by atoms with Gasteiger partial charge in [0.15, 0.2) is 23.5 Å². The number of aliphatic hydroxyl groups is 1. The third-order valence-electron chi connectivity index (χ3n) is 6.55. The Kier molecular flexibility index (Phi) is 6.04. The van der Waals surface area contributed by atoms with Crippen molar-refractivity contribution in [2.75, 3.05) is 18.3 Å². The van der Waals surface area contributed by atoms with Gasteiger partial charge in [-0.2, -0.15) is 4.39 Å². The third-order valence-corrected chi connectivity index (χ3v) is 6.55. The maximum Gasteiger partial charge on any atom is 0.223 e. The molecule has 2 aliphatic rings. The van der Waals surface area contributed by atoms with E-state index >= 15 is 4.39 Å². The van der Waals surface area contributed by atoms with Gasteiger partial charge < -0.3 is 14.9 Å². The van der Waals surface area contributed by atoms with Crippen LogP contribution in [0, 0.1) is 11.6 Å². The minimum Gasteiger partial charge on any atom is -0.503 e. The number of nitrogens with zero attached hydrogens (tertiary/aromatic N) is 3. The molecule has 3 heterocycles. The first-order valence-electron chi connectivity index (χ1n) is 11.4. The summed E-state index contributed by atoms with van der Waals surface area (Å²) in [6.45, 7) is 2.08. The summed E-state index contributed by atoms with van der Waals surface area (Å²) in [4.78, 5) is 14.1. The molecule has 7 nitrogen and oxygen atoms in total. The van der Waals surface area contributed by atoms with Gasteiger partial charge >= 0.3 is 0 Å². The molecule has 0 saturated heterocycles. The van der Waals surface area contributed by atoms with E-state index in [1.165, 1.54) is 23.0 Å². The fourth-order valence-electron chi connectivity index (χ4n) is 4.84. The highest BCUT2D eigenvalue weighted by atomic mass is 19.2. The molecule has 0 amide bonds. The summed E-state index contributed by atoms with van der Waals surface area (Å²) in [5, 5.41) is 23.8. The van der Waals surface area contributed by atoms with E-state index in [2.05, 4.69) is 0 Å². The Morgan fingerprint density at radius 1 is 1.11 bits per heavy atom. The van der Waals surface area contributed by atoms with Crippen LogP contribution in [0.4, 0.5) is 8.78 Å². The highest BCUT2D eigenvalue weighted by Gasteiger charge is 2.40. The van der Waals surface area contributed by atoms with Gasteiger partial charge in [-0.15, -0.1) is 0 Å². The number of fused-ring (bicyclic) bond motifs is 5. The van der Waals surface area contributed by atoms with Crippen LogP contribution in [-0.2, 0) is 0 Å². The van der Waals surface area contributed by atoms with Gasteiger partial charge in [0.25, 0.3) is 0 Å². The predicted octanol–water partition coefficient (Wildman–Crippen LogP) is 3.55. The Labute approximate surface area is 200 Å². The molecule has 5 rings (SSSR count). The normalized spacial score (nSPS) is 24.5. The summed E-state index contributed by atoms with van der Waals surface area (Å²) in [5.74, 6) is -2.92. The smallest absolute Gasteiger partial charge is 0.223 e. The van der Waals surface area contributed by atoms with Crippen LogP contribution in [0.15, 0.2) is 71.7 Å². The summed E-state index contributed by atoms with van der Waals surface area (Å²) in [6.07, 6.45) is 4.29. The van der Waals surface area contributed by atoms with E-state index in [0.717, 1.165) is 11.6 Å². The summed E-state index contributed by atoms with van der Waals surface area (Å²) >= 11 is 0. The van der Waals surface area contributed by atoms with E-state index < -0.39 is 35.1 Å². The van der Waals surface area contributed by atoms with Gasteiger partial charge in [-0.05, 0) is 30.2 Å². The Bertz CT molecular complexity index is 1330. The molecular formula is C26H25F2N3O4. The lowest BCUT2D eigenvalue weighted by Gasteiger charge is -2.48. The Morgan fingerprint density at radius 3 is 2.63 bits per heavy atom. The van der Waals surface area contributed by atoms with E-state index in [1.807, 2.05) is 43.3 Å². The van der Waals surface area contributed by atoms with Gasteiger partial charge in [-0.3, -0.25) is 14.5 Å². The van der Waals surface area contributed by atoms with Crippen molar-refractivity contribution >= 4 is 0 Å². The topological polar surface area (TPSA) is 78.2 Å². The summed E-state index contributed by atoms with van der Waals surface area (Å²) in [6, 6.07) is 11.9. The van der Waals surface area contributed by atoms with Crippen molar-refractivity contribution in [2.45, 2.75) is 31.7 Å². The second-order valence-corrected chi connectivity index (χ2v) is 8.53. The number of rotatable bonds is 2. The monoisotopic (exact) mass is 481 g/mol. The number of ether oxygens (including phenoxy) is 1. The lowest BCUT2D eigenvalue weighted by Crippen LogP contribution is -2.56. The lowest BCUT2D eigenvalue weighted by atomic mass is 9.96. The molecule has 0 aliphatic carbocycles. The molecule has 1 aromatic heterocycles. The zero-order valence-corrected chi connectivity index (χ0v) is 19.0. The Morgan fingerprint density at radius 2 is 1.89 bits per heavy atom. The third kappa shape index (κ3) is 3.86. The van der Waals surface area contributed by atoms with Crippen molar-refractivity contribution < 1.29 is 23.7 Å². The zero-order chi connectivity index (χ0) is 24.7. The molecule has 2 aromatic carbocycles. The molecular weight excluding hydrogens is 456 g/mol. The molecule has 3 aromatic rings. The molecule has 0 fully saturated rings. The fourth-order valence-corrected chi connectivity index (χ4v) is 4.84. The van der Waals surface area contributed by atoms with E-state index in [9.17, 15) is 19.4 Å². The number of aliphatic hydroxyl groups excluding tert-OH is 1. The molecule has 0 spiro atoms. The fraction of sp³-hybridized carbons (Fsp3) is 0.269. The number of aromatic nitrogens is 1. The molecule has 2 N–H and O–H groups in total. The summed E-state index contributed by atoms with van der Waals surface area (Å²) in [5.41, 5.74) is 0.474. The lowest BCUT2D eigenvalue weighted by molar-refractivity contribution is -0.0453. The highest BCUT2D eigenvalue weighted by molar-refractivity contribution is 5.47. The SMILES string of the molecule is CC[C@@H]1/C=C/COc2c(ccc(F)c2F)[C@@H](c2ccccc2)N2CN1C(O)c1c(O)c(=O)ccn12. The number of benzene rings is 2. The van der Waals surface area contributed by atoms with Crippen LogP contribution in [-0.4, -0.2) is 39.1 Å². The van der Waals surface area contributed by atoms with Crippen molar-refractivity contribution in [2.24, 2.45) is 0 Å². The standard InChI is InChI=1S/C26H25F2N3O4/c1-2-17-9-6-14-35-25-18(10-11-19(27)21(25)28)22(16-7-4-3-5-8-16)31-15-29(17)26(34)23-24(33)20(32)12-13-30(23)31/h3-13,17,22,26,33-34H,2,14-15H2,1H3/b9-6+/t17-,22-,26?/m1/s1. The van der Waals surface area contributed by atoms with E-state index in [1.54, 1.807) is 16.0 Å². The molecule has 2 aliphatic heterocycles. The quantitative estimate of drug-likeness (QED) is 0.546. The number of hydrogen-bond donors (Lipinski definition) is 2. The molecule has 0 radical (unpaired) electrons. The maximum absolute atomic E-state index is 15.1. The van der Waals surface area contributed by atoms with Gasteiger partial charge in [-0.25, -0.2) is 9.29 Å². The van der Waals surface area contributed by atoms with Crippen LogP contribution in [0.3, 0.4) is 0 Å². The van der Waals surface area contributed by atoms with Crippen LogP contribution < -0.4 is 15.2 Å². The predicted molar refractivity (Wildman–Crippen MR) is 126 cm³/mol. The maximum atomic E-state index is 15.1. The number of aromatic hydroxyl groups is 1. The molecule has 35 heavy (non-hydrogen) atoms. The molecule has 0 saturated carbocycles. The second kappa shape index (κ2) is 9.16. The van der Waals surface area contributed by atoms with Crippen molar-refractivity contribution in [3.63, 3.8) is 0 Å². The van der Waals surface area contributed by atoms with Gasteiger partial charge in [0, 0.05) is 23.9 Å². The average Bonchev–Trinajstić information content (AvgIpc) is 2.89.